The third-order valence-corrected chi connectivity index (χ3v) is 3.11. The number of carbonyl (C=O) groups excluding carboxylic acids is 1. The van der Waals surface area contributed by atoms with E-state index in [2.05, 4.69) is 15.6 Å². The number of amides is 1. The van der Waals surface area contributed by atoms with Crippen LogP contribution in [0.1, 0.15) is 15.9 Å². The summed E-state index contributed by atoms with van der Waals surface area (Å²) in [4.78, 5) is 16.1. The molecular formula is C16H16F3N3O2. The summed E-state index contributed by atoms with van der Waals surface area (Å²) in [5, 5.41) is 5.60. The first-order valence-corrected chi connectivity index (χ1v) is 7.07. The molecule has 0 atom stereocenters. The van der Waals surface area contributed by atoms with E-state index in [-0.39, 0.29) is 5.56 Å². The number of aromatic nitrogens is 1. The Kier molecular flexibility index (Phi) is 5.75. The number of alkyl halides is 3. The molecular weight excluding hydrogens is 323 g/mol. The van der Waals surface area contributed by atoms with Crippen molar-refractivity contribution in [2.75, 3.05) is 30.9 Å². The van der Waals surface area contributed by atoms with Crippen molar-refractivity contribution in [2.45, 2.75) is 6.18 Å². The number of ether oxygens (including phenoxy) is 1. The monoisotopic (exact) mass is 339 g/mol. The average molecular weight is 339 g/mol. The molecule has 0 radical (unpaired) electrons. The zero-order valence-corrected chi connectivity index (χ0v) is 12.9. The Balaban J connectivity index is 1.96. The van der Waals surface area contributed by atoms with Crippen molar-refractivity contribution in [1.29, 1.82) is 0 Å². The van der Waals surface area contributed by atoms with E-state index in [0.29, 0.717) is 24.7 Å². The van der Waals surface area contributed by atoms with Crippen molar-refractivity contribution >= 4 is 17.4 Å². The minimum absolute atomic E-state index is 0.130. The lowest BCUT2D eigenvalue weighted by Crippen LogP contribution is -2.13. The van der Waals surface area contributed by atoms with Crippen LogP contribution in [0.3, 0.4) is 0 Å². The maximum atomic E-state index is 12.5. The van der Waals surface area contributed by atoms with Gasteiger partial charge >= 0.3 is 6.18 Å². The summed E-state index contributed by atoms with van der Waals surface area (Å²) in [6.45, 7) is 1.13. The first-order valence-electron chi connectivity index (χ1n) is 7.07. The molecule has 2 aromatic rings. The van der Waals surface area contributed by atoms with Gasteiger partial charge in [-0.25, -0.2) is 4.98 Å². The second-order valence-electron chi connectivity index (χ2n) is 4.88. The zero-order chi connectivity index (χ0) is 17.6. The van der Waals surface area contributed by atoms with Crippen LogP contribution in [-0.2, 0) is 10.9 Å². The molecule has 0 spiro atoms. The number of carbonyl (C=O) groups is 1. The van der Waals surface area contributed by atoms with Gasteiger partial charge in [-0.1, -0.05) is 0 Å². The first-order chi connectivity index (χ1) is 11.4. The molecule has 0 saturated carbocycles. The standard InChI is InChI=1S/C16H16F3N3O2/c1-24-9-8-20-14-7-6-13(10-21-14)22-15(23)11-2-4-12(5-3-11)16(17,18)19/h2-7,10H,8-9H2,1H3,(H,20,21)(H,22,23). The second-order valence-corrected chi connectivity index (χ2v) is 4.88. The van der Waals surface area contributed by atoms with E-state index in [4.69, 9.17) is 4.74 Å². The number of pyridine rings is 1. The van der Waals surface area contributed by atoms with Crippen LogP contribution in [0.15, 0.2) is 42.6 Å². The molecule has 2 N–H and O–H groups in total. The average Bonchev–Trinajstić information content (AvgIpc) is 2.56. The fraction of sp³-hybridized carbons (Fsp3) is 0.250. The van der Waals surface area contributed by atoms with E-state index >= 15 is 0 Å². The molecule has 5 nitrogen and oxygen atoms in total. The number of anilines is 2. The van der Waals surface area contributed by atoms with Crippen molar-refractivity contribution in [2.24, 2.45) is 0 Å². The van der Waals surface area contributed by atoms with Crippen LogP contribution in [-0.4, -0.2) is 31.2 Å². The summed E-state index contributed by atoms with van der Waals surface area (Å²) in [6.07, 6.45) is -2.97. The largest absolute Gasteiger partial charge is 0.416 e. The van der Waals surface area contributed by atoms with Crippen LogP contribution in [0, 0.1) is 0 Å². The van der Waals surface area contributed by atoms with Crippen molar-refractivity contribution in [3.63, 3.8) is 0 Å². The number of methoxy groups -OCH3 is 1. The molecule has 1 amide bonds. The molecule has 2 rings (SSSR count). The van der Waals surface area contributed by atoms with Crippen LogP contribution in [0.2, 0.25) is 0 Å². The molecule has 0 aliphatic carbocycles. The topological polar surface area (TPSA) is 63.2 Å². The van der Waals surface area contributed by atoms with E-state index in [1.54, 1.807) is 19.2 Å². The van der Waals surface area contributed by atoms with E-state index in [1.807, 2.05) is 0 Å². The van der Waals surface area contributed by atoms with Crippen LogP contribution < -0.4 is 10.6 Å². The minimum atomic E-state index is -4.43. The zero-order valence-electron chi connectivity index (χ0n) is 12.9. The number of halogens is 3. The normalized spacial score (nSPS) is 11.2. The molecule has 0 fully saturated rings. The Bertz CT molecular complexity index is 670. The lowest BCUT2D eigenvalue weighted by atomic mass is 10.1. The Morgan fingerprint density at radius 3 is 2.42 bits per heavy atom. The van der Waals surface area contributed by atoms with Crippen molar-refractivity contribution in [3.8, 4) is 0 Å². The molecule has 0 aliphatic rings. The second kappa shape index (κ2) is 7.78. The molecule has 0 aliphatic heterocycles. The van der Waals surface area contributed by atoms with Gasteiger partial charge in [0.15, 0.2) is 0 Å². The van der Waals surface area contributed by atoms with E-state index in [0.717, 1.165) is 24.3 Å². The van der Waals surface area contributed by atoms with Crippen LogP contribution >= 0.6 is 0 Å². The van der Waals surface area contributed by atoms with Gasteiger partial charge in [0.05, 0.1) is 24.1 Å². The van der Waals surface area contributed by atoms with Gasteiger partial charge in [0.1, 0.15) is 5.82 Å². The predicted molar refractivity (Wildman–Crippen MR) is 84.0 cm³/mol. The fourth-order valence-corrected chi connectivity index (χ4v) is 1.87. The molecule has 24 heavy (non-hydrogen) atoms. The Labute approximate surface area is 136 Å². The fourth-order valence-electron chi connectivity index (χ4n) is 1.87. The van der Waals surface area contributed by atoms with Gasteiger partial charge in [0.25, 0.3) is 5.91 Å². The molecule has 8 heteroatoms. The number of rotatable bonds is 6. The summed E-state index contributed by atoms with van der Waals surface area (Å²) in [7, 11) is 1.59. The van der Waals surface area contributed by atoms with Crippen molar-refractivity contribution in [1.82, 2.24) is 4.98 Å². The van der Waals surface area contributed by atoms with Gasteiger partial charge in [-0.05, 0) is 36.4 Å². The Morgan fingerprint density at radius 2 is 1.88 bits per heavy atom. The summed E-state index contributed by atoms with van der Waals surface area (Å²) in [5.41, 5.74) is -0.227. The molecule has 0 unspecified atom stereocenters. The van der Waals surface area contributed by atoms with Gasteiger partial charge in [0, 0.05) is 19.2 Å². The lowest BCUT2D eigenvalue weighted by molar-refractivity contribution is -0.137. The van der Waals surface area contributed by atoms with Crippen LogP contribution in [0.5, 0.6) is 0 Å². The quantitative estimate of drug-likeness (QED) is 0.792. The highest BCUT2D eigenvalue weighted by molar-refractivity contribution is 6.04. The van der Waals surface area contributed by atoms with E-state index in [9.17, 15) is 18.0 Å². The van der Waals surface area contributed by atoms with Gasteiger partial charge in [-0.3, -0.25) is 4.79 Å². The molecule has 0 bridgehead atoms. The summed E-state index contributed by atoms with van der Waals surface area (Å²) in [5.74, 6) is 0.116. The highest BCUT2D eigenvalue weighted by Crippen LogP contribution is 2.29. The highest BCUT2D eigenvalue weighted by atomic mass is 19.4. The minimum Gasteiger partial charge on any atom is -0.383 e. The number of hydrogen-bond acceptors (Lipinski definition) is 4. The Hall–Kier alpha value is -2.61. The molecule has 1 aromatic heterocycles. The van der Waals surface area contributed by atoms with Gasteiger partial charge in [0.2, 0.25) is 0 Å². The van der Waals surface area contributed by atoms with E-state index < -0.39 is 17.6 Å². The third-order valence-electron chi connectivity index (χ3n) is 3.11. The SMILES string of the molecule is COCCNc1ccc(NC(=O)c2ccc(C(F)(F)F)cc2)cn1. The molecule has 1 heterocycles. The summed E-state index contributed by atoms with van der Waals surface area (Å²) < 4.78 is 42.4. The molecule has 128 valence electrons. The van der Waals surface area contributed by atoms with Crippen molar-refractivity contribution < 1.29 is 22.7 Å². The van der Waals surface area contributed by atoms with E-state index in [1.165, 1.54) is 6.20 Å². The smallest absolute Gasteiger partial charge is 0.383 e. The predicted octanol–water partition coefficient (Wildman–Crippen LogP) is 3.41. The molecule has 0 saturated heterocycles. The van der Waals surface area contributed by atoms with Crippen molar-refractivity contribution in [3.05, 3.63) is 53.7 Å². The van der Waals surface area contributed by atoms with Crippen LogP contribution in [0.4, 0.5) is 24.7 Å². The third kappa shape index (κ3) is 4.95. The first kappa shape index (κ1) is 17.7. The molecule has 1 aromatic carbocycles. The highest BCUT2D eigenvalue weighted by Gasteiger charge is 2.30. The number of nitrogens with zero attached hydrogens (tertiary/aromatic N) is 1. The number of nitrogens with one attached hydrogen (secondary N) is 2. The number of hydrogen-bond donors (Lipinski definition) is 2. The number of benzene rings is 1. The summed E-state index contributed by atoms with van der Waals surface area (Å²) in [6, 6.07) is 7.33. The summed E-state index contributed by atoms with van der Waals surface area (Å²) >= 11 is 0. The van der Waals surface area contributed by atoms with Gasteiger partial charge in [-0.15, -0.1) is 0 Å². The van der Waals surface area contributed by atoms with Gasteiger partial charge in [-0.2, -0.15) is 13.2 Å². The van der Waals surface area contributed by atoms with Gasteiger partial charge < -0.3 is 15.4 Å². The Morgan fingerprint density at radius 1 is 1.17 bits per heavy atom. The lowest BCUT2D eigenvalue weighted by Gasteiger charge is -2.09. The van der Waals surface area contributed by atoms with Crippen LogP contribution in [0.25, 0.3) is 0 Å². The maximum Gasteiger partial charge on any atom is 0.416 e. The maximum absolute atomic E-state index is 12.5.